The Morgan fingerprint density at radius 1 is 1.00 bits per heavy atom. The number of nitrogens with zero attached hydrogens (tertiary/aromatic N) is 2. The van der Waals surface area contributed by atoms with Crippen molar-refractivity contribution in [1.82, 2.24) is 25.2 Å². The molecule has 314 valence electrons. The van der Waals surface area contributed by atoms with Gasteiger partial charge in [-0.3, -0.25) is 24.0 Å². The highest BCUT2D eigenvalue weighted by molar-refractivity contribution is 7.91. The quantitative estimate of drug-likeness (QED) is 0.277. The van der Waals surface area contributed by atoms with E-state index in [1.807, 2.05) is 20.8 Å². The topological polar surface area (TPSA) is 207 Å². The third-order valence-corrected chi connectivity index (χ3v) is 13.6. The molecule has 1 unspecified atom stereocenters. The number of rotatable bonds is 6. The molecule has 1 aromatic carbocycles. The summed E-state index contributed by atoms with van der Waals surface area (Å²) in [6, 6.07) is 2.76. The summed E-state index contributed by atoms with van der Waals surface area (Å²) in [7, 11) is -3.91. The fourth-order valence-electron chi connectivity index (χ4n) is 7.98. The van der Waals surface area contributed by atoms with Crippen LogP contribution in [0.25, 0.3) is 0 Å². The Morgan fingerprint density at radius 2 is 1.72 bits per heavy atom. The number of alkyl carbamates (subject to hydrolysis) is 1. The van der Waals surface area contributed by atoms with Gasteiger partial charge in [-0.25, -0.2) is 22.8 Å². The van der Waals surface area contributed by atoms with Crippen LogP contribution < -0.4 is 15.4 Å². The van der Waals surface area contributed by atoms with E-state index in [-0.39, 0.29) is 51.6 Å². The van der Waals surface area contributed by atoms with Crippen molar-refractivity contribution in [2.24, 2.45) is 16.7 Å². The minimum Gasteiger partial charge on any atom is -0.462 e. The van der Waals surface area contributed by atoms with E-state index in [1.165, 1.54) is 9.80 Å². The summed E-state index contributed by atoms with van der Waals surface area (Å²) in [4.78, 5) is 84.9. The van der Waals surface area contributed by atoms with Crippen LogP contribution in [0.1, 0.15) is 121 Å². The molecule has 16 nitrogen and oxygen atoms in total. The number of nitrogens with one attached hydrogen (secondary N) is 3. The maximum atomic E-state index is 14.6. The van der Waals surface area contributed by atoms with Crippen molar-refractivity contribution in [1.29, 1.82) is 0 Å². The van der Waals surface area contributed by atoms with E-state index in [2.05, 4.69) is 15.4 Å². The second-order valence-corrected chi connectivity index (χ2v) is 20.1. The monoisotopic (exact) mass is 815 g/mol. The highest BCUT2D eigenvalue weighted by Crippen LogP contribution is 2.47. The van der Waals surface area contributed by atoms with Crippen LogP contribution in [0, 0.1) is 16.7 Å². The van der Waals surface area contributed by atoms with Gasteiger partial charge >= 0.3 is 18.2 Å². The van der Waals surface area contributed by atoms with Crippen LogP contribution >= 0.6 is 0 Å². The maximum absolute atomic E-state index is 14.6. The molecule has 17 heteroatoms. The number of carbonyl (C=O) groups is 6. The standard InChI is InChI=1S/C40H57N5O11S/c1-7-27-19-40(27,35(49)43-57(52,53)29-13-14-29)42-32(46)30-18-28-22-45(30)33(47)31(38(2,3)4)41-36(50)55-23-39(5,6)15-9-8-10-16-54-34(48)24-11-12-25-20-44(37(51)56-28)21-26(25)17-24/h11-12,17,27-31H,7-10,13-16,18-23H2,1-6H3,(H,41,50)(H,42,46)(H,43,49)/t27-,28?,30-,31+,40-/m0/s1. The Kier molecular flexibility index (Phi) is 11.9. The van der Waals surface area contributed by atoms with Crippen LogP contribution in [0.5, 0.6) is 0 Å². The molecule has 6 rings (SSSR count). The van der Waals surface area contributed by atoms with Gasteiger partial charge in [-0.2, -0.15) is 0 Å². The minimum absolute atomic E-state index is 0.0691. The summed E-state index contributed by atoms with van der Waals surface area (Å²) in [6.45, 7) is 11.6. The first-order valence-corrected chi connectivity index (χ1v) is 21.6. The summed E-state index contributed by atoms with van der Waals surface area (Å²) < 4.78 is 44.8. The fraction of sp³-hybridized carbons (Fsp3) is 0.700. The van der Waals surface area contributed by atoms with E-state index in [0.29, 0.717) is 31.2 Å². The molecule has 0 radical (unpaired) electrons. The lowest BCUT2D eigenvalue weighted by Gasteiger charge is -2.35. The molecule has 2 saturated carbocycles. The molecule has 0 spiro atoms. The number of cyclic esters (lactones) is 2. The smallest absolute Gasteiger partial charge is 0.410 e. The van der Waals surface area contributed by atoms with Gasteiger partial charge in [-0.15, -0.1) is 0 Å². The van der Waals surface area contributed by atoms with Gasteiger partial charge in [0.2, 0.25) is 21.8 Å². The number of benzene rings is 1. The van der Waals surface area contributed by atoms with Crippen molar-refractivity contribution in [3.05, 3.63) is 34.9 Å². The molecule has 5 aliphatic rings. The number of ether oxygens (including phenoxy) is 3. The van der Waals surface area contributed by atoms with E-state index in [1.54, 1.807) is 39.0 Å². The Bertz CT molecular complexity index is 1890. The number of amides is 5. The summed E-state index contributed by atoms with van der Waals surface area (Å²) >= 11 is 0. The van der Waals surface area contributed by atoms with E-state index < -0.39 is 85.7 Å². The average Bonchev–Trinajstić information content (AvgIpc) is 4.03. The summed E-state index contributed by atoms with van der Waals surface area (Å²) in [5.74, 6) is -2.94. The van der Waals surface area contributed by atoms with Gasteiger partial charge in [0.25, 0.3) is 5.91 Å². The van der Waals surface area contributed by atoms with Gasteiger partial charge in [-0.05, 0) is 72.1 Å². The maximum Gasteiger partial charge on any atom is 0.410 e. The first-order valence-electron chi connectivity index (χ1n) is 20.1. The lowest BCUT2D eigenvalue weighted by molar-refractivity contribution is -0.143. The minimum atomic E-state index is -3.91. The Labute approximate surface area is 334 Å². The summed E-state index contributed by atoms with van der Waals surface area (Å²) in [5, 5.41) is 4.88. The second kappa shape index (κ2) is 16.1. The van der Waals surface area contributed by atoms with Gasteiger partial charge in [0.15, 0.2) is 0 Å². The zero-order chi connectivity index (χ0) is 41.5. The highest BCUT2D eigenvalue weighted by Gasteiger charge is 2.62. The number of sulfonamides is 1. The highest BCUT2D eigenvalue weighted by atomic mass is 32.2. The zero-order valence-electron chi connectivity index (χ0n) is 33.8. The largest absolute Gasteiger partial charge is 0.462 e. The number of esters is 1. The molecular weight excluding hydrogens is 759 g/mol. The fourth-order valence-corrected chi connectivity index (χ4v) is 9.34. The van der Waals surface area contributed by atoms with Crippen molar-refractivity contribution in [3.8, 4) is 0 Å². The third-order valence-electron chi connectivity index (χ3n) is 11.8. The first kappa shape index (κ1) is 42.2. The molecular formula is C40H57N5O11S. The number of carbonyl (C=O) groups excluding carboxylic acids is 6. The Hall–Kier alpha value is -4.41. The van der Waals surface area contributed by atoms with Crippen LogP contribution in [0.4, 0.5) is 9.59 Å². The van der Waals surface area contributed by atoms with Gasteiger partial charge in [0.1, 0.15) is 23.7 Å². The number of hydrogen-bond acceptors (Lipinski definition) is 11. The SMILES string of the molecule is CC[C@H]1C[C@@]1(NC(=O)[C@@H]1CC2CN1C(=O)[C@H](C(C)(C)C)NC(=O)OCC(C)(C)CCCCCOC(=O)c1ccc3c(c1)CN(C3)C(=O)O2)C(=O)NS(=O)(=O)C1CC1. The third kappa shape index (κ3) is 9.66. The van der Waals surface area contributed by atoms with Crippen LogP contribution in [-0.2, 0) is 51.7 Å². The summed E-state index contributed by atoms with van der Waals surface area (Å²) in [5.41, 5.74) is -0.771. The molecule has 3 fully saturated rings. The van der Waals surface area contributed by atoms with Gasteiger partial charge < -0.3 is 29.7 Å². The van der Waals surface area contributed by atoms with E-state index in [4.69, 9.17) is 14.2 Å². The van der Waals surface area contributed by atoms with Crippen molar-refractivity contribution in [2.45, 2.75) is 141 Å². The number of fused-ring (bicyclic) bond motifs is 4. The molecule has 2 aliphatic carbocycles. The normalized spacial score (nSPS) is 28.7. The van der Waals surface area contributed by atoms with E-state index in [0.717, 1.165) is 30.4 Å². The predicted octanol–water partition coefficient (Wildman–Crippen LogP) is 3.90. The van der Waals surface area contributed by atoms with Crippen molar-refractivity contribution in [2.75, 3.05) is 19.8 Å². The van der Waals surface area contributed by atoms with E-state index in [9.17, 15) is 37.2 Å². The van der Waals surface area contributed by atoms with E-state index >= 15 is 0 Å². The average molecular weight is 816 g/mol. The molecule has 1 saturated heterocycles. The van der Waals surface area contributed by atoms with Crippen molar-refractivity contribution >= 4 is 45.9 Å². The lowest BCUT2D eigenvalue weighted by atomic mass is 9.85. The van der Waals surface area contributed by atoms with Crippen LogP contribution in [0.3, 0.4) is 0 Å². The molecule has 1 aromatic rings. The molecule has 3 heterocycles. The predicted molar refractivity (Wildman–Crippen MR) is 206 cm³/mol. The zero-order valence-corrected chi connectivity index (χ0v) is 34.6. The van der Waals surface area contributed by atoms with Crippen LogP contribution in [-0.4, -0.2) is 103 Å². The van der Waals surface area contributed by atoms with Gasteiger partial charge in [0.05, 0.1) is 30.6 Å². The lowest BCUT2D eigenvalue weighted by Crippen LogP contribution is -2.60. The Morgan fingerprint density at radius 3 is 2.39 bits per heavy atom. The van der Waals surface area contributed by atoms with Gasteiger partial charge in [-0.1, -0.05) is 66.9 Å². The molecule has 3 N–H and O–H groups in total. The Balaban J connectivity index is 1.26. The molecule has 5 bridgehead atoms. The number of hydrogen-bond donors (Lipinski definition) is 3. The molecule has 3 aliphatic heterocycles. The van der Waals surface area contributed by atoms with Crippen LogP contribution in [0.2, 0.25) is 0 Å². The molecule has 0 aromatic heterocycles. The molecule has 5 atom stereocenters. The summed E-state index contributed by atoms with van der Waals surface area (Å²) in [6.07, 6.45) is 2.02. The van der Waals surface area contributed by atoms with Gasteiger partial charge in [0, 0.05) is 19.5 Å². The molecule has 5 amide bonds. The van der Waals surface area contributed by atoms with Crippen molar-refractivity contribution < 1.29 is 51.4 Å². The first-order chi connectivity index (χ1) is 26.7. The second-order valence-electron chi connectivity index (χ2n) is 18.2. The van der Waals surface area contributed by atoms with Crippen molar-refractivity contribution in [3.63, 3.8) is 0 Å². The van der Waals surface area contributed by atoms with Crippen LogP contribution in [0.15, 0.2) is 18.2 Å². The molecule has 57 heavy (non-hydrogen) atoms.